The number of esters is 1. The van der Waals surface area contributed by atoms with E-state index in [1.807, 2.05) is 18.2 Å². The molecule has 0 unspecified atom stereocenters. The Balaban J connectivity index is 1.55. The number of methoxy groups -OCH3 is 1. The Labute approximate surface area is 206 Å². The van der Waals surface area contributed by atoms with Gasteiger partial charge in [-0.05, 0) is 86.6 Å². The molecule has 0 spiro atoms. The van der Waals surface area contributed by atoms with Crippen LogP contribution in [0.2, 0.25) is 0 Å². The zero-order valence-electron chi connectivity index (χ0n) is 16.8. The third kappa shape index (κ3) is 5.02. The molecule has 1 heterocycles. The molecule has 0 saturated carbocycles. The van der Waals surface area contributed by atoms with Gasteiger partial charge in [-0.1, -0.05) is 24.3 Å². The maximum absolute atomic E-state index is 13.8. The second kappa shape index (κ2) is 9.83. The van der Waals surface area contributed by atoms with Crippen LogP contribution in [0.1, 0.15) is 16.7 Å². The molecule has 32 heavy (non-hydrogen) atoms. The Hall–Kier alpha value is -2.72. The first-order chi connectivity index (χ1) is 15.4. The first-order valence-corrected chi connectivity index (χ1v) is 11.3. The minimum atomic E-state index is -0.534. The van der Waals surface area contributed by atoms with Crippen molar-refractivity contribution in [3.8, 4) is 11.5 Å². The SMILES string of the molecule is COc1cc(/C=C2\N=C(c3ccc(I)c(Br)c3)OC2=O)ccc1OCc1ccccc1F. The molecule has 0 bridgehead atoms. The molecule has 0 radical (unpaired) electrons. The lowest BCUT2D eigenvalue weighted by Gasteiger charge is -2.12. The summed E-state index contributed by atoms with van der Waals surface area (Å²) >= 11 is 5.67. The van der Waals surface area contributed by atoms with Crippen molar-refractivity contribution in [2.45, 2.75) is 6.61 Å². The molecular weight excluding hydrogens is 592 g/mol. The van der Waals surface area contributed by atoms with Crippen LogP contribution < -0.4 is 9.47 Å². The summed E-state index contributed by atoms with van der Waals surface area (Å²) in [6, 6.07) is 17.2. The number of ether oxygens (including phenoxy) is 3. The summed E-state index contributed by atoms with van der Waals surface area (Å²) in [6.07, 6.45) is 1.61. The lowest BCUT2D eigenvalue weighted by molar-refractivity contribution is -0.129. The van der Waals surface area contributed by atoms with E-state index in [2.05, 4.69) is 43.5 Å². The molecular formula is C24H16BrFINO4. The highest BCUT2D eigenvalue weighted by Gasteiger charge is 2.24. The molecule has 5 nitrogen and oxygen atoms in total. The first kappa shape index (κ1) is 22.5. The Bertz CT molecular complexity index is 1260. The van der Waals surface area contributed by atoms with E-state index in [1.165, 1.54) is 13.2 Å². The van der Waals surface area contributed by atoms with Crippen molar-refractivity contribution in [3.05, 3.63) is 96.9 Å². The van der Waals surface area contributed by atoms with Gasteiger partial charge in [0.15, 0.2) is 17.2 Å². The molecule has 162 valence electrons. The number of carbonyl (C=O) groups is 1. The molecule has 0 saturated heterocycles. The van der Waals surface area contributed by atoms with Crippen molar-refractivity contribution >= 4 is 56.5 Å². The maximum Gasteiger partial charge on any atom is 0.363 e. The molecule has 1 aliphatic heterocycles. The molecule has 0 atom stereocenters. The van der Waals surface area contributed by atoms with E-state index < -0.39 is 5.97 Å². The number of hydrogen-bond acceptors (Lipinski definition) is 5. The summed E-state index contributed by atoms with van der Waals surface area (Å²) in [5.74, 6) is 0.290. The van der Waals surface area contributed by atoms with Crippen molar-refractivity contribution in [2.24, 2.45) is 4.99 Å². The van der Waals surface area contributed by atoms with Gasteiger partial charge in [-0.2, -0.15) is 0 Å². The topological polar surface area (TPSA) is 57.1 Å². The van der Waals surface area contributed by atoms with Crippen LogP contribution in [0, 0.1) is 9.39 Å². The smallest absolute Gasteiger partial charge is 0.363 e. The normalized spacial score (nSPS) is 14.3. The van der Waals surface area contributed by atoms with Crippen LogP contribution >= 0.6 is 38.5 Å². The van der Waals surface area contributed by atoms with E-state index >= 15 is 0 Å². The van der Waals surface area contributed by atoms with Crippen LogP contribution in [0.5, 0.6) is 11.5 Å². The van der Waals surface area contributed by atoms with Gasteiger partial charge in [0, 0.05) is 19.2 Å². The number of halogens is 3. The van der Waals surface area contributed by atoms with Crippen LogP contribution in [0.15, 0.2) is 75.8 Å². The van der Waals surface area contributed by atoms with Crippen LogP contribution in [-0.4, -0.2) is 19.0 Å². The zero-order valence-corrected chi connectivity index (χ0v) is 20.5. The quantitative estimate of drug-likeness (QED) is 0.192. The van der Waals surface area contributed by atoms with E-state index in [0.717, 1.165) is 8.04 Å². The lowest BCUT2D eigenvalue weighted by atomic mass is 10.1. The fraction of sp³-hybridized carbons (Fsp3) is 0.0833. The molecule has 3 aromatic carbocycles. The third-order valence-corrected chi connectivity index (χ3v) is 6.96. The highest BCUT2D eigenvalue weighted by molar-refractivity contribution is 14.1. The van der Waals surface area contributed by atoms with Gasteiger partial charge < -0.3 is 14.2 Å². The van der Waals surface area contributed by atoms with Crippen LogP contribution in [0.3, 0.4) is 0 Å². The van der Waals surface area contributed by atoms with Gasteiger partial charge in [-0.3, -0.25) is 0 Å². The summed E-state index contributed by atoms with van der Waals surface area (Å²) in [5, 5.41) is 0. The van der Waals surface area contributed by atoms with Crippen LogP contribution in [0.4, 0.5) is 4.39 Å². The number of hydrogen-bond donors (Lipinski definition) is 0. The van der Waals surface area contributed by atoms with E-state index in [0.29, 0.717) is 28.2 Å². The Morgan fingerprint density at radius 1 is 1.12 bits per heavy atom. The average Bonchev–Trinajstić information content (AvgIpc) is 3.15. The summed E-state index contributed by atoms with van der Waals surface area (Å²) in [7, 11) is 1.51. The lowest BCUT2D eigenvalue weighted by Crippen LogP contribution is -2.05. The highest BCUT2D eigenvalue weighted by atomic mass is 127. The summed E-state index contributed by atoms with van der Waals surface area (Å²) in [5.41, 5.74) is 2.00. The van der Waals surface area contributed by atoms with Gasteiger partial charge in [0.05, 0.1) is 7.11 Å². The van der Waals surface area contributed by atoms with Crippen LogP contribution in [0.25, 0.3) is 6.08 Å². The number of rotatable bonds is 6. The monoisotopic (exact) mass is 607 g/mol. The second-order valence-corrected chi connectivity index (χ2v) is 8.77. The largest absolute Gasteiger partial charge is 0.493 e. The molecule has 0 N–H and O–H groups in total. The maximum atomic E-state index is 13.8. The van der Waals surface area contributed by atoms with Crippen molar-refractivity contribution in [1.82, 2.24) is 0 Å². The Morgan fingerprint density at radius 2 is 1.94 bits per heavy atom. The fourth-order valence-electron chi connectivity index (χ4n) is 2.98. The third-order valence-electron chi connectivity index (χ3n) is 4.62. The minimum absolute atomic E-state index is 0.0645. The number of carbonyl (C=O) groups excluding carboxylic acids is 1. The van der Waals surface area contributed by atoms with Crippen molar-refractivity contribution in [3.63, 3.8) is 0 Å². The predicted octanol–water partition coefficient (Wildman–Crippen LogP) is 6.12. The van der Waals surface area contributed by atoms with Gasteiger partial charge >= 0.3 is 5.97 Å². The molecule has 0 amide bonds. The van der Waals surface area contributed by atoms with E-state index in [-0.39, 0.29) is 24.0 Å². The van der Waals surface area contributed by atoms with Crippen LogP contribution in [-0.2, 0) is 16.1 Å². The van der Waals surface area contributed by atoms with Crippen molar-refractivity contribution < 1.29 is 23.4 Å². The van der Waals surface area contributed by atoms with Gasteiger partial charge in [-0.25, -0.2) is 14.2 Å². The van der Waals surface area contributed by atoms with Gasteiger partial charge in [0.1, 0.15) is 12.4 Å². The van der Waals surface area contributed by atoms with Crippen molar-refractivity contribution in [2.75, 3.05) is 7.11 Å². The van der Waals surface area contributed by atoms with E-state index in [4.69, 9.17) is 14.2 Å². The summed E-state index contributed by atoms with van der Waals surface area (Å²) < 4.78 is 32.2. The Morgan fingerprint density at radius 3 is 2.69 bits per heavy atom. The standard InChI is InChI=1S/C24H16BrFINO4/c1-30-22-11-14(6-9-21(22)31-13-16-4-2-3-5-18(16)26)10-20-24(29)32-23(28-20)15-7-8-19(27)17(25)12-15/h2-12H,13H2,1H3/b20-10-. The summed E-state index contributed by atoms with van der Waals surface area (Å²) in [6.45, 7) is 0.0645. The number of nitrogens with zero attached hydrogens (tertiary/aromatic N) is 1. The van der Waals surface area contributed by atoms with Gasteiger partial charge in [0.25, 0.3) is 0 Å². The first-order valence-electron chi connectivity index (χ1n) is 9.47. The fourth-order valence-corrected chi connectivity index (χ4v) is 3.70. The molecule has 0 aliphatic carbocycles. The molecule has 0 aromatic heterocycles. The number of benzene rings is 3. The van der Waals surface area contributed by atoms with E-state index in [9.17, 15) is 9.18 Å². The average molecular weight is 608 g/mol. The molecule has 0 fully saturated rings. The molecule has 1 aliphatic rings. The van der Waals surface area contributed by atoms with Gasteiger partial charge in [-0.15, -0.1) is 0 Å². The van der Waals surface area contributed by atoms with Crippen molar-refractivity contribution in [1.29, 1.82) is 0 Å². The number of aliphatic imine (C=N–C) groups is 1. The summed E-state index contributed by atoms with van der Waals surface area (Å²) in [4.78, 5) is 16.7. The minimum Gasteiger partial charge on any atom is -0.493 e. The zero-order chi connectivity index (χ0) is 22.7. The van der Waals surface area contributed by atoms with Gasteiger partial charge in [0.2, 0.25) is 5.90 Å². The van der Waals surface area contributed by atoms with E-state index in [1.54, 1.807) is 42.5 Å². The molecule has 4 rings (SSSR count). The molecule has 3 aromatic rings. The highest BCUT2D eigenvalue weighted by Crippen LogP contribution is 2.31. The second-order valence-electron chi connectivity index (χ2n) is 6.76. The molecule has 8 heteroatoms. The number of cyclic esters (lactones) is 1. The Kier molecular flexibility index (Phi) is 6.90. The predicted molar refractivity (Wildman–Crippen MR) is 131 cm³/mol.